The Hall–Kier alpha value is -7.26. The Bertz CT molecular complexity index is 3940. The quantitative estimate of drug-likeness (QED) is 0.0939. The van der Waals surface area contributed by atoms with Crippen molar-refractivity contribution in [3.8, 4) is 0 Å². The lowest BCUT2D eigenvalue weighted by Crippen LogP contribution is -2.10. The zero-order valence-corrected chi connectivity index (χ0v) is 54.9. The number of hydrogen-bond acceptors (Lipinski definition) is 3. The van der Waals surface area contributed by atoms with Crippen LogP contribution in [0.4, 0.5) is 0 Å². The summed E-state index contributed by atoms with van der Waals surface area (Å²) in [6.07, 6.45) is 0. The molecule has 12 aromatic carbocycles. The topological polar surface area (TPSA) is 0 Å². The number of hydrogen-bond donors (Lipinski definition) is 0. The smallest absolute Gasteiger partial charge is 0.0901 e. The van der Waals surface area contributed by atoms with Crippen LogP contribution in [0.1, 0.15) is 48.6 Å². The second-order valence-corrected chi connectivity index (χ2v) is 31.4. The molecule has 0 aliphatic carbocycles. The molecule has 0 spiro atoms. The van der Waals surface area contributed by atoms with Gasteiger partial charge >= 0.3 is 0 Å². The summed E-state index contributed by atoms with van der Waals surface area (Å²) in [6.45, 7) is 15.3. The van der Waals surface area contributed by atoms with E-state index in [1.165, 1.54) is 101 Å². The van der Waals surface area contributed by atoms with Gasteiger partial charge in [-0.1, -0.05) is 212 Å². The van der Waals surface area contributed by atoms with Crippen molar-refractivity contribution >= 4 is 68.0 Å². The van der Waals surface area contributed by atoms with E-state index in [1.54, 1.807) is 11.8 Å². The van der Waals surface area contributed by atoms with Gasteiger partial charge in [0.05, 0.1) is 32.7 Å². The van der Waals surface area contributed by atoms with Crippen molar-refractivity contribution in [1.29, 1.82) is 0 Å². The molecule has 0 radical (unpaired) electrons. The van der Waals surface area contributed by atoms with Crippen LogP contribution in [-0.2, 0) is 38.1 Å². The van der Waals surface area contributed by atoms with Crippen molar-refractivity contribution in [2.45, 2.75) is 127 Å². The molecule has 0 fully saturated rings. The summed E-state index contributed by atoms with van der Waals surface area (Å²) >= 11 is 5.44. The summed E-state index contributed by atoms with van der Waals surface area (Å²) in [4.78, 5) is 19.8. The molecule has 12 aromatic rings. The van der Waals surface area contributed by atoms with Gasteiger partial charge in [0.1, 0.15) is 0 Å². The molecule has 0 aromatic heterocycles. The minimum Gasteiger partial charge on any atom is -0.0901 e. The average Bonchev–Trinajstić information content (AvgIpc) is 3.72. The Labute approximate surface area is 534 Å². The zero-order valence-electron chi connectivity index (χ0n) is 50.0. The van der Waals surface area contributed by atoms with Crippen LogP contribution in [0.15, 0.2) is 389 Å². The summed E-state index contributed by atoms with van der Waals surface area (Å²) in [5.41, 5.74) is 6.75. The van der Waals surface area contributed by atoms with E-state index in [0.29, 0.717) is 0 Å². The molecule has 0 heterocycles. The normalized spacial score (nSPS) is 12.1. The fraction of sp³-hybridized carbons (Fsp3) is 0.100. The third-order valence-corrected chi connectivity index (χ3v) is 23.8. The lowest BCUT2D eigenvalue weighted by molar-refractivity contribution is 0.590. The minimum absolute atomic E-state index is 0.0869. The molecule has 0 saturated carbocycles. The molecule has 0 amide bonds. The summed E-state index contributed by atoms with van der Waals surface area (Å²) in [7, 11) is -0.277. The number of benzene rings is 12. The van der Waals surface area contributed by atoms with Gasteiger partial charge in [-0.2, -0.15) is 0 Å². The molecule has 6 heteroatoms. The third-order valence-electron chi connectivity index (χ3n) is 14.1. The van der Waals surface area contributed by atoms with Crippen LogP contribution in [0.25, 0.3) is 0 Å². The summed E-state index contributed by atoms with van der Waals surface area (Å²) in [5.74, 6) is 0. The molecule has 3 atom stereocenters. The molecule has 0 aliphatic rings. The third kappa shape index (κ3) is 17.5. The highest BCUT2D eigenvalue weighted by Gasteiger charge is 2.31. The first-order chi connectivity index (χ1) is 41.9. The van der Waals surface area contributed by atoms with Gasteiger partial charge in [0.2, 0.25) is 0 Å². The van der Waals surface area contributed by atoms with E-state index in [9.17, 15) is 0 Å². The van der Waals surface area contributed by atoms with E-state index in [4.69, 9.17) is 0 Å². The van der Waals surface area contributed by atoms with E-state index in [0.717, 1.165) is 0 Å². The van der Waals surface area contributed by atoms with Gasteiger partial charge in [-0.15, -0.1) is 0 Å². The zero-order chi connectivity index (χ0) is 59.7. The maximum absolute atomic E-state index is 2.29. The molecule has 86 heavy (non-hydrogen) atoms. The molecule has 12 rings (SSSR count). The van der Waals surface area contributed by atoms with E-state index < -0.39 is 0 Å². The monoisotopic (exact) mass is 1230 g/mol. The first kappa shape index (κ1) is 61.8. The maximum atomic E-state index is 2.29. The van der Waals surface area contributed by atoms with Crippen molar-refractivity contribution in [3.05, 3.63) is 343 Å². The fourth-order valence-electron chi connectivity index (χ4n) is 9.37. The Morgan fingerprint density at radius 3 is 0.616 bits per heavy atom. The van der Waals surface area contributed by atoms with Crippen molar-refractivity contribution in [3.63, 3.8) is 0 Å². The molecule has 0 bridgehead atoms. The predicted molar refractivity (Wildman–Crippen MR) is 374 cm³/mol. The van der Waals surface area contributed by atoms with Gasteiger partial charge in [-0.05, 0) is 221 Å². The maximum Gasteiger partial charge on any atom is 0.166 e. The molecule has 0 nitrogen and oxygen atoms in total. The van der Waals surface area contributed by atoms with Crippen LogP contribution in [0, 0.1) is 27.7 Å². The van der Waals surface area contributed by atoms with Gasteiger partial charge in [0.15, 0.2) is 44.1 Å². The Balaban J connectivity index is 0.000000143. The van der Waals surface area contributed by atoms with Crippen molar-refractivity contribution in [2.75, 3.05) is 0 Å². The molecule has 0 aliphatic heterocycles. The van der Waals surface area contributed by atoms with Crippen LogP contribution < -0.4 is 0 Å². The van der Waals surface area contributed by atoms with Crippen molar-refractivity contribution < 1.29 is 0 Å². The van der Waals surface area contributed by atoms with Gasteiger partial charge in [0, 0.05) is 29.4 Å². The largest absolute Gasteiger partial charge is 0.166 e. The summed E-state index contributed by atoms with van der Waals surface area (Å²) in [6, 6.07) is 115. The van der Waals surface area contributed by atoms with Gasteiger partial charge < -0.3 is 0 Å². The van der Waals surface area contributed by atoms with Crippen LogP contribution in [0.5, 0.6) is 0 Å². The van der Waals surface area contributed by atoms with Gasteiger partial charge in [-0.25, -0.2) is 0 Å². The predicted octanol–water partition coefficient (Wildman–Crippen LogP) is 23.3. The Morgan fingerprint density at radius 1 is 0.198 bits per heavy atom. The second kappa shape index (κ2) is 30.4. The summed E-state index contributed by atoms with van der Waals surface area (Å²) in [5, 5.41) is 0. The number of aryl methyl sites for hydroxylation is 4. The van der Waals surface area contributed by atoms with Crippen LogP contribution in [0.3, 0.4) is 0 Å². The van der Waals surface area contributed by atoms with E-state index in [-0.39, 0.29) is 38.1 Å². The lowest BCUT2D eigenvalue weighted by atomic mass is 9.87. The van der Waals surface area contributed by atoms with Gasteiger partial charge in [0.25, 0.3) is 0 Å². The SMILES string of the molecule is Cc1ccc(Sc2ccc([S+](c3ccccc3)c3ccc(C)cc3)cc2)cc1.Cc1ccc([S+](c2ccccc2)c2ccc(Sc3ccc(C(C)(C)C)cc3)cc2)cc1.Cc1ccc([S+](c2ccccc2)c2ccc(Sc3ccccc3)cc2)cc1. The first-order valence-corrected chi connectivity index (χ1v) is 35.1. The van der Waals surface area contributed by atoms with E-state index in [1.807, 2.05) is 23.5 Å². The fourth-order valence-corrected chi connectivity index (χ4v) is 18.0. The van der Waals surface area contributed by atoms with Crippen LogP contribution >= 0.6 is 35.3 Å². The molecule has 0 saturated heterocycles. The van der Waals surface area contributed by atoms with Crippen LogP contribution in [-0.4, -0.2) is 0 Å². The average molecular weight is 1230 g/mol. The second-order valence-electron chi connectivity index (χ2n) is 21.9. The van der Waals surface area contributed by atoms with E-state index in [2.05, 4.69) is 364 Å². The Kier molecular flexibility index (Phi) is 21.8. The number of rotatable bonds is 15. The Morgan fingerprint density at radius 2 is 0.372 bits per heavy atom. The molecule has 426 valence electrons. The highest BCUT2D eigenvalue weighted by molar-refractivity contribution is 8.00. The van der Waals surface area contributed by atoms with Crippen LogP contribution in [0.2, 0.25) is 0 Å². The van der Waals surface area contributed by atoms with Gasteiger partial charge in [-0.3, -0.25) is 0 Å². The molecular formula is C80H73S6+3. The van der Waals surface area contributed by atoms with E-state index >= 15 is 0 Å². The standard InChI is InChI=1S/C29H29S2.C26H23S2.C25H21S2/c1-22-10-18-27(19-11-22)31(26-8-6-5-7-9-26)28-20-16-25(17-21-28)30-24-14-12-23(13-15-24)29(2,3)4;1-20-8-12-22(13-9-20)27-23-14-18-26(19-15-23)28(24-6-4-3-5-7-24)25-16-10-21(2)11-17-25;1-20-12-16-24(17-13-20)27(23-10-6-3-7-11-23)25-18-14-22(15-19-25)26-21-8-4-2-5-9-21/h5-21H,1-4H3;3-19H,1-2H3;2-19H,1H3/q3*+1. The summed E-state index contributed by atoms with van der Waals surface area (Å²) < 4.78 is 0. The minimum atomic E-state index is -0.100. The van der Waals surface area contributed by atoms with Crippen molar-refractivity contribution in [1.82, 2.24) is 0 Å². The highest BCUT2D eigenvalue weighted by atomic mass is 32.2. The lowest BCUT2D eigenvalue weighted by Gasteiger charge is -2.19. The molecular weight excluding hydrogens is 1150 g/mol. The van der Waals surface area contributed by atoms with Crippen molar-refractivity contribution in [2.24, 2.45) is 0 Å². The molecule has 0 N–H and O–H groups in total. The first-order valence-electron chi connectivity index (χ1n) is 29.0. The highest BCUT2D eigenvalue weighted by Crippen LogP contribution is 2.38. The molecule has 3 unspecified atom stereocenters.